The predicted octanol–water partition coefficient (Wildman–Crippen LogP) is 3.36. The van der Waals surface area contributed by atoms with Crippen LogP contribution in [0.4, 0.5) is 0 Å². The van der Waals surface area contributed by atoms with Gasteiger partial charge in [-0.1, -0.05) is 19.3 Å². The first kappa shape index (κ1) is 19.5. The van der Waals surface area contributed by atoms with Gasteiger partial charge in [0, 0.05) is 25.1 Å². The minimum absolute atomic E-state index is 0.00274. The van der Waals surface area contributed by atoms with Crippen LogP contribution >= 0.6 is 0 Å². The number of hydrogen-bond donors (Lipinski definition) is 0. The normalized spacial score (nSPS) is 22.9. The summed E-state index contributed by atoms with van der Waals surface area (Å²) in [6.07, 6.45) is 11.2. The maximum absolute atomic E-state index is 13.2. The van der Waals surface area contributed by atoms with Gasteiger partial charge in [-0.15, -0.1) is 0 Å². The molecule has 2 heterocycles. The lowest BCUT2D eigenvalue weighted by molar-refractivity contribution is -0.145. The third kappa shape index (κ3) is 4.96. The molecule has 4 rings (SSSR count). The summed E-state index contributed by atoms with van der Waals surface area (Å²) in [5, 5.41) is 0. The van der Waals surface area contributed by atoms with E-state index in [1.165, 1.54) is 6.42 Å². The Morgan fingerprint density at radius 3 is 2.50 bits per heavy atom. The summed E-state index contributed by atoms with van der Waals surface area (Å²) in [5.41, 5.74) is 0. The molecule has 0 bridgehead atoms. The van der Waals surface area contributed by atoms with Crippen LogP contribution in [0.5, 0.6) is 0 Å². The first-order valence-electron chi connectivity index (χ1n) is 10.9. The molecule has 154 valence electrons. The summed E-state index contributed by atoms with van der Waals surface area (Å²) >= 11 is 0. The van der Waals surface area contributed by atoms with Crippen LogP contribution in [0.15, 0.2) is 22.8 Å². The van der Waals surface area contributed by atoms with Gasteiger partial charge in [0.2, 0.25) is 11.8 Å². The summed E-state index contributed by atoms with van der Waals surface area (Å²) < 4.78 is 11.2. The van der Waals surface area contributed by atoms with Crippen molar-refractivity contribution >= 4 is 11.8 Å². The second-order valence-electron chi connectivity index (χ2n) is 8.52. The number of furan rings is 1. The molecule has 1 aromatic rings. The second kappa shape index (κ2) is 9.12. The van der Waals surface area contributed by atoms with Crippen LogP contribution in [0.1, 0.15) is 63.5 Å². The van der Waals surface area contributed by atoms with Gasteiger partial charge in [-0.05, 0) is 50.7 Å². The third-order valence-corrected chi connectivity index (χ3v) is 6.26. The number of hydrogen-bond acceptors (Lipinski definition) is 4. The molecule has 2 saturated carbocycles. The topological polar surface area (TPSA) is 63.0 Å². The van der Waals surface area contributed by atoms with Crippen molar-refractivity contribution in [3.8, 4) is 0 Å². The highest BCUT2D eigenvalue weighted by atomic mass is 16.5. The van der Waals surface area contributed by atoms with Gasteiger partial charge in [0.1, 0.15) is 12.3 Å². The molecule has 3 aliphatic rings. The molecular weight excluding hydrogens is 356 g/mol. The average molecular weight is 389 g/mol. The van der Waals surface area contributed by atoms with Crippen molar-refractivity contribution in [3.63, 3.8) is 0 Å². The molecule has 0 aromatic carbocycles. The van der Waals surface area contributed by atoms with E-state index < -0.39 is 0 Å². The van der Waals surface area contributed by atoms with E-state index in [9.17, 15) is 9.59 Å². The molecule has 1 saturated heterocycles. The molecule has 2 amide bonds. The van der Waals surface area contributed by atoms with E-state index in [0.29, 0.717) is 13.1 Å². The molecule has 0 unspecified atom stereocenters. The molecule has 1 aliphatic heterocycles. The van der Waals surface area contributed by atoms with E-state index in [2.05, 4.69) is 0 Å². The Morgan fingerprint density at radius 1 is 1.04 bits per heavy atom. The SMILES string of the molecule is O=C(CN(C(=O)C1CCCCC1)C1CC1)N(Cc1ccco1)C[C@H]1CCCO1. The fourth-order valence-electron chi connectivity index (χ4n) is 4.48. The minimum atomic E-state index is 0.00274. The van der Waals surface area contributed by atoms with E-state index in [1.807, 2.05) is 21.9 Å². The summed E-state index contributed by atoms with van der Waals surface area (Å²) in [4.78, 5) is 30.0. The first-order chi connectivity index (χ1) is 13.7. The van der Waals surface area contributed by atoms with Gasteiger partial charge in [-0.3, -0.25) is 9.59 Å². The van der Waals surface area contributed by atoms with Gasteiger partial charge in [0.05, 0.1) is 18.9 Å². The highest BCUT2D eigenvalue weighted by Crippen LogP contribution is 2.32. The number of amides is 2. The Morgan fingerprint density at radius 2 is 1.86 bits per heavy atom. The molecule has 3 fully saturated rings. The second-order valence-corrected chi connectivity index (χ2v) is 8.52. The van der Waals surface area contributed by atoms with Crippen molar-refractivity contribution in [2.24, 2.45) is 5.92 Å². The lowest BCUT2D eigenvalue weighted by Crippen LogP contribution is -2.47. The van der Waals surface area contributed by atoms with E-state index in [4.69, 9.17) is 9.15 Å². The van der Waals surface area contributed by atoms with Crippen LogP contribution in [-0.4, -0.2) is 53.5 Å². The Labute approximate surface area is 167 Å². The lowest BCUT2D eigenvalue weighted by atomic mass is 9.88. The average Bonchev–Trinajstić information content (AvgIpc) is 3.18. The molecule has 0 spiro atoms. The van der Waals surface area contributed by atoms with Crippen LogP contribution in [0.25, 0.3) is 0 Å². The number of nitrogens with zero attached hydrogens (tertiary/aromatic N) is 2. The molecule has 1 aromatic heterocycles. The Bertz CT molecular complexity index is 644. The fraction of sp³-hybridized carbons (Fsp3) is 0.727. The van der Waals surface area contributed by atoms with E-state index in [0.717, 1.165) is 63.7 Å². The lowest BCUT2D eigenvalue weighted by Gasteiger charge is -2.32. The third-order valence-electron chi connectivity index (χ3n) is 6.26. The van der Waals surface area contributed by atoms with Gasteiger partial charge in [-0.25, -0.2) is 0 Å². The quantitative estimate of drug-likeness (QED) is 0.685. The highest BCUT2D eigenvalue weighted by Gasteiger charge is 2.38. The highest BCUT2D eigenvalue weighted by molar-refractivity contribution is 5.86. The monoisotopic (exact) mass is 388 g/mol. The van der Waals surface area contributed by atoms with Crippen molar-refractivity contribution in [1.82, 2.24) is 9.80 Å². The molecular formula is C22H32N2O4. The number of carbonyl (C=O) groups excluding carboxylic acids is 2. The molecule has 6 heteroatoms. The van der Waals surface area contributed by atoms with Gasteiger partial charge in [0.25, 0.3) is 0 Å². The smallest absolute Gasteiger partial charge is 0.242 e. The van der Waals surface area contributed by atoms with Crippen LogP contribution in [0, 0.1) is 5.92 Å². The maximum Gasteiger partial charge on any atom is 0.242 e. The number of ether oxygens (including phenoxy) is 1. The molecule has 1 atom stereocenters. The summed E-state index contributed by atoms with van der Waals surface area (Å²) in [6, 6.07) is 3.99. The van der Waals surface area contributed by atoms with Crippen LogP contribution < -0.4 is 0 Å². The van der Waals surface area contributed by atoms with Gasteiger partial charge >= 0.3 is 0 Å². The van der Waals surface area contributed by atoms with Crippen molar-refractivity contribution in [1.29, 1.82) is 0 Å². The minimum Gasteiger partial charge on any atom is -0.467 e. The molecule has 0 radical (unpaired) electrons. The van der Waals surface area contributed by atoms with E-state index in [-0.39, 0.29) is 36.4 Å². The van der Waals surface area contributed by atoms with Crippen LogP contribution in [0.2, 0.25) is 0 Å². The maximum atomic E-state index is 13.2. The Kier molecular flexibility index (Phi) is 6.35. The Balaban J connectivity index is 1.42. The van der Waals surface area contributed by atoms with Crippen molar-refractivity contribution in [3.05, 3.63) is 24.2 Å². The molecule has 2 aliphatic carbocycles. The zero-order valence-electron chi connectivity index (χ0n) is 16.7. The number of rotatable bonds is 8. The summed E-state index contributed by atoms with van der Waals surface area (Å²) in [5.74, 6) is 1.08. The summed E-state index contributed by atoms with van der Waals surface area (Å²) in [6.45, 7) is 1.95. The predicted molar refractivity (Wildman–Crippen MR) is 104 cm³/mol. The van der Waals surface area contributed by atoms with Crippen molar-refractivity contribution in [2.45, 2.75) is 76.5 Å². The molecule has 0 N–H and O–H groups in total. The van der Waals surface area contributed by atoms with Crippen molar-refractivity contribution in [2.75, 3.05) is 19.7 Å². The number of carbonyl (C=O) groups is 2. The van der Waals surface area contributed by atoms with Crippen LogP contribution in [-0.2, 0) is 20.9 Å². The summed E-state index contributed by atoms with van der Waals surface area (Å²) in [7, 11) is 0. The Hall–Kier alpha value is -1.82. The van der Waals surface area contributed by atoms with Gasteiger partial charge in [0.15, 0.2) is 0 Å². The zero-order valence-corrected chi connectivity index (χ0v) is 16.7. The standard InChI is InChI=1S/C22H32N2O4/c25-21(16-24(18-10-11-18)22(26)17-6-2-1-3-7-17)23(14-19-8-4-12-27-19)15-20-9-5-13-28-20/h4,8,12,17-18,20H,1-3,5-7,9-11,13-16H2/t20-/m1/s1. The van der Waals surface area contributed by atoms with Gasteiger partial charge < -0.3 is 19.0 Å². The van der Waals surface area contributed by atoms with E-state index in [1.54, 1.807) is 6.26 Å². The first-order valence-corrected chi connectivity index (χ1v) is 10.9. The van der Waals surface area contributed by atoms with Gasteiger partial charge in [-0.2, -0.15) is 0 Å². The fourth-order valence-corrected chi connectivity index (χ4v) is 4.48. The molecule has 28 heavy (non-hydrogen) atoms. The van der Waals surface area contributed by atoms with Crippen molar-refractivity contribution < 1.29 is 18.7 Å². The largest absolute Gasteiger partial charge is 0.467 e. The zero-order chi connectivity index (χ0) is 19.3. The van der Waals surface area contributed by atoms with Crippen LogP contribution in [0.3, 0.4) is 0 Å². The van der Waals surface area contributed by atoms with E-state index >= 15 is 0 Å². The molecule has 6 nitrogen and oxygen atoms in total.